The van der Waals surface area contributed by atoms with Crippen molar-refractivity contribution < 1.29 is 0 Å². The van der Waals surface area contributed by atoms with Crippen molar-refractivity contribution in [1.29, 1.82) is 0 Å². The van der Waals surface area contributed by atoms with E-state index in [4.69, 9.17) is 4.98 Å². The minimum atomic E-state index is 0.519. The van der Waals surface area contributed by atoms with Gasteiger partial charge in [0.2, 0.25) is 0 Å². The Kier molecular flexibility index (Phi) is 6.34. The molecule has 0 radical (unpaired) electrons. The molecular weight excluding hydrogens is 264 g/mol. The van der Waals surface area contributed by atoms with Crippen molar-refractivity contribution in [3.05, 3.63) is 42.1 Å². The van der Waals surface area contributed by atoms with Crippen LogP contribution in [0.4, 0.5) is 0 Å². The molecule has 3 heteroatoms. The van der Waals surface area contributed by atoms with Crippen molar-refractivity contribution >= 4 is 22.7 Å². The number of pyridine rings is 1. The maximum absolute atomic E-state index is 4.78. The fraction of sp³-hybridized carbons (Fsp3) is 0.471. The van der Waals surface area contributed by atoms with Crippen molar-refractivity contribution in [2.45, 2.75) is 32.7 Å². The van der Waals surface area contributed by atoms with Crippen LogP contribution in [0.3, 0.4) is 0 Å². The van der Waals surface area contributed by atoms with Gasteiger partial charge in [0.1, 0.15) is 0 Å². The van der Waals surface area contributed by atoms with E-state index in [1.54, 1.807) is 0 Å². The van der Waals surface area contributed by atoms with Crippen LogP contribution < -0.4 is 5.32 Å². The minimum Gasteiger partial charge on any atom is -0.313 e. The van der Waals surface area contributed by atoms with Crippen molar-refractivity contribution in [3.63, 3.8) is 0 Å². The maximum Gasteiger partial charge on any atom is 0.0705 e. The van der Waals surface area contributed by atoms with Crippen molar-refractivity contribution in [1.82, 2.24) is 10.3 Å². The molecule has 2 nitrogen and oxygen atoms in total. The van der Waals surface area contributed by atoms with E-state index in [0.717, 1.165) is 24.2 Å². The third-order valence-electron chi connectivity index (χ3n) is 3.27. The monoisotopic (exact) mass is 288 g/mol. The molecule has 0 aliphatic heterocycles. The summed E-state index contributed by atoms with van der Waals surface area (Å²) < 4.78 is 0. The van der Waals surface area contributed by atoms with Gasteiger partial charge in [-0.15, -0.1) is 0 Å². The first-order chi connectivity index (χ1) is 9.83. The van der Waals surface area contributed by atoms with Gasteiger partial charge in [0.25, 0.3) is 0 Å². The van der Waals surface area contributed by atoms with E-state index < -0.39 is 0 Å². The molecule has 1 unspecified atom stereocenters. The number of nitrogens with zero attached hydrogens (tertiary/aromatic N) is 1. The van der Waals surface area contributed by atoms with Crippen molar-refractivity contribution in [3.8, 4) is 0 Å². The zero-order chi connectivity index (χ0) is 14.2. The zero-order valence-electron chi connectivity index (χ0n) is 12.4. The largest absolute Gasteiger partial charge is 0.313 e. The molecule has 0 fully saturated rings. The highest BCUT2D eigenvalue weighted by Crippen LogP contribution is 2.14. The summed E-state index contributed by atoms with van der Waals surface area (Å²) in [5.74, 6) is 2.41. The molecule has 0 aliphatic carbocycles. The molecule has 1 heterocycles. The van der Waals surface area contributed by atoms with E-state index in [1.165, 1.54) is 23.3 Å². The number of thioether (sulfide) groups is 1. The second-order valence-electron chi connectivity index (χ2n) is 5.03. The van der Waals surface area contributed by atoms with Gasteiger partial charge >= 0.3 is 0 Å². The van der Waals surface area contributed by atoms with Crippen LogP contribution in [0.1, 0.15) is 26.0 Å². The van der Waals surface area contributed by atoms with Gasteiger partial charge in [0.05, 0.1) is 5.52 Å². The molecule has 0 aliphatic rings. The average molecular weight is 288 g/mol. The van der Waals surface area contributed by atoms with Crippen LogP contribution in [0.5, 0.6) is 0 Å². The lowest BCUT2D eigenvalue weighted by Crippen LogP contribution is -2.33. The summed E-state index contributed by atoms with van der Waals surface area (Å²) in [7, 11) is 0. The summed E-state index contributed by atoms with van der Waals surface area (Å²) >= 11 is 2.03. The summed E-state index contributed by atoms with van der Waals surface area (Å²) in [4.78, 5) is 4.78. The Morgan fingerprint density at radius 1 is 1.15 bits per heavy atom. The Morgan fingerprint density at radius 2 is 2.00 bits per heavy atom. The quantitative estimate of drug-likeness (QED) is 0.746. The highest BCUT2D eigenvalue weighted by molar-refractivity contribution is 7.99. The fourth-order valence-corrected chi connectivity index (χ4v) is 3.30. The molecule has 0 saturated heterocycles. The van der Waals surface area contributed by atoms with E-state index in [9.17, 15) is 0 Å². The lowest BCUT2D eigenvalue weighted by atomic mass is 10.1. The van der Waals surface area contributed by atoms with Gasteiger partial charge < -0.3 is 5.32 Å². The van der Waals surface area contributed by atoms with E-state index in [-0.39, 0.29) is 0 Å². The smallest absolute Gasteiger partial charge is 0.0705 e. The predicted molar refractivity (Wildman–Crippen MR) is 90.5 cm³/mol. The highest BCUT2D eigenvalue weighted by Gasteiger charge is 2.09. The van der Waals surface area contributed by atoms with Crippen LogP contribution in [0.15, 0.2) is 36.4 Å². The Hall–Kier alpha value is -1.06. The first-order valence-corrected chi connectivity index (χ1v) is 8.64. The molecule has 108 valence electrons. The Labute approximate surface area is 126 Å². The van der Waals surface area contributed by atoms with Gasteiger partial charge in [-0.2, -0.15) is 11.8 Å². The van der Waals surface area contributed by atoms with Crippen LogP contribution >= 0.6 is 11.8 Å². The summed E-state index contributed by atoms with van der Waals surface area (Å²) in [6.45, 7) is 5.43. The van der Waals surface area contributed by atoms with E-state index in [0.29, 0.717) is 6.04 Å². The maximum atomic E-state index is 4.78. The van der Waals surface area contributed by atoms with Gasteiger partial charge in [-0.3, -0.25) is 4.98 Å². The number of likely N-dealkylation sites (N-methyl/N-ethyl adjacent to an activating group) is 1. The van der Waals surface area contributed by atoms with Crippen LogP contribution in [-0.4, -0.2) is 29.1 Å². The summed E-state index contributed by atoms with van der Waals surface area (Å²) in [6.07, 6.45) is 2.26. The molecule has 2 rings (SSSR count). The Bertz CT molecular complexity index is 527. The Balaban J connectivity index is 2.03. The molecule has 0 amide bonds. The van der Waals surface area contributed by atoms with E-state index in [1.807, 2.05) is 11.8 Å². The number of fused-ring (bicyclic) bond motifs is 1. The van der Waals surface area contributed by atoms with Crippen LogP contribution in [0.25, 0.3) is 10.9 Å². The van der Waals surface area contributed by atoms with Crippen LogP contribution in [-0.2, 0) is 6.42 Å². The summed E-state index contributed by atoms with van der Waals surface area (Å²) in [5.41, 5.74) is 2.29. The molecule has 2 aromatic rings. The number of hydrogen-bond acceptors (Lipinski definition) is 3. The third-order valence-corrected chi connectivity index (χ3v) is 4.61. The van der Waals surface area contributed by atoms with Gasteiger partial charge in [0, 0.05) is 29.3 Å². The van der Waals surface area contributed by atoms with Gasteiger partial charge in [0.15, 0.2) is 0 Å². The number of para-hydroxylation sites is 1. The summed E-state index contributed by atoms with van der Waals surface area (Å²) in [6, 6.07) is 13.2. The molecule has 20 heavy (non-hydrogen) atoms. The lowest BCUT2D eigenvalue weighted by molar-refractivity contribution is 0.567. The fourth-order valence-electron chi connectivity index (χ4n) is 2.32. The molecular formula is C17H24N2S. The molecule has 0 spiro atoms. The SMILES string of the molecule is CCCSCC(Cc1ccc2ccccc2n1)NCC. The first-order valence-electron chi connectivity index (χ1n) is 7.49. The molecule has 1 N–H and O–H groups in total. The lowest BCUT2D eigenvalue weighted by Gasteiger charge is -2.17. The Morgan fingerprint density at radius 3 is 2.80 bits per heavy atom. The third kappa shape index (κ3) is 4.50. The number of nitrogens with one attached hydrogen (secondary N) is 1. The van der Waals surface area contributed by atoms with Gasteiger partial charge in [-0.1, -0.05) is 38.1 Å². The zero-order valence-corrected chi connectivity index (χ0v) is 13.2. The number of aromatic nitrogens is 1. The first kappa shape index (κ1) is 15.3. The van der Waals surface area contributed by atoms with Crippen LogP contribution in [0, 0.1) is 0 Å². The average Bonchev–Trinajstić information content (AvgIpc) is 2.47. The van der Waals surface area contributed by atoms with Crippen molar-refractivity contribution in [2.75, 3.05) is 18.1 Å². The standard InChI is InChI=1S/C17H24N2S/c1-3-11-20-13-16(18-4-2)12-15-10-9-14-7-5-6-8-17(14)19-15/h5-10,16,18H,3-4,11-13H2,1-2H3. The highest BCUT2D eigenvalue weighted by atomic mass is 32.2. The number of rotatable bonds is 8. The van der Waals surface area contributed by atoms with E-state index >= 15 is 0 Å². The van der Waals surface area contributed by atoms with Crippen molar-refractivity contribution in [2.24, 2.45) is 0 Å². The van der Waals surface area contributed by atoms with E-state index in [2.05, 4.69) is 55.6 Å². The number of hydrogen-bond donors (Lipinski definition) is 1. The molecule has 1 aromatic heterocycles. The topological polar surface area (TPSA) is 24.9 Å². The van der Waals surface area contributed by atoms with Gasteiger partial charge in [-0.05, 0) is 30.9 Å². The molecule has 0 saturated carbocycles. The second kappa shape index (κ2) is 8.28. The molecule has 1 aromatic carbocycles. The molecule has 1 atom stereocenters. The van der Waals surface area contributed by atoms with Crippen LogP contribution in [0.2, 0.25) is 0 Å². The molecule has 0 bridgehead atoms. The normalized spacial score (nSPS) is 12.7. The van der Waals surface area contributed by atoms with Gasteiger partial charge in [-0.25, -0.2) is 0 Å². The number of benzene rings is 1. The summed E-state index contributed by atoms with van der Waals surface area (Å²) in [5, 5.41) is 4.80. The predicted octanol–water partition coefficient (Wildman–Crippen LogP) is 3.90. The second-order valence-corrected chi connectivity index (χ2v) is 6.18. The minimum absolute atomic E-state index is 0.519.